The standard InChI is InChI=1S/C20H31ClN2O/c21-14-16-23(17-18-9-3-1-4-10-18)15-8-7-13-20(24)22-19-11-5-2-6-12-19/h1,3-4,9-10,19H,2,5-8,11-17H2,(H,22,24). The molecule has 24 heavy (non-hydrogen) atoms. The molecule has 1 N–H and O–H groups in total. The molecule has 1 fully saturated rings. The first-order chi connectivity index (χ1) is 11.8. The van der Waals surface area contributed by atoms with E-state index < -0.39 is 0 Å². The van der Waals surface area contributed by atoms with Gasteiger partial charge in [0.05, 0.1) is 0 Å². The molecule has 1 saturated carbocycles. The van der Waals surface area contributed by atoms with Gasteiger partial charge >= 0.3 is 0 Å². The van der Waals surface area contributed by atoms with Gasteiger partial charge in [-0.25, -0.2) is 0 Å². The molecule has 0 aliphatic heterocycles. The SMILES string of the molecule is O=C(CCCCN(CCCl)Cc1ccccc1)NC1CCCCC1. The van der Waals surface area contributed by atoms with Crippen molar-refractivity contribution in [2.75, 3.05) is 19.0 Å². The highest BCUT2D eigenvalue weighted by atomic mass is 35.5. The van der Waals surface area contributed by atoms with Crippen molar-refractivity contribution in [3.05, 3.63) is 35.9 Å². The van der Waals surface area contributed by atoms with Gasteiger partial charge in [-0.05, 0) is 37.8 Å². The second kappa shape index (κ2) is 11.5. The zero-order chi connectivity index (χ0) is 17.0. The Balaban J connectivity index is 1.62. The van der Waals surface area contributed by atoms with Crippen molar-refractivity contribution in [3.8, 4) is 0 Å². The van der Waals surface area contributed by atoms with Crippen molar-refractivity contribution in [2.45, 2.75) is 64.0 Å². The molecule has 1 aromatic rings. The van der Waals surface area contributed by atoms with Gasteiger partial charge in [0.1, 0.15) is 0 Å². The third-order valence-electron chi connectivity index (χ3n) is 4.75. The molecule has 3 nitrogen and oxygen atoms in total. The van der Waals surface area contributed by atoms with Gasteiger partial charge in [0.25, 0.3) is 0 Å². The van der Waals surface area contributed by atoms with E-state index >= 15 is 0 Å². The summed E-state index contributed by atoms with van der Waals surface area (Å²) >= 11 is 5.93. The second-order valence-electron chi connectivity index (χ2n) is 6.81. The molecule has 1 aromatic carbocycles. The number of unbranched alkanes of at least 4 members (excludes halogenated alkanes) is 1. The number of hydrogen-bond donors (Lipinski definition) is 1. The van der Waals surface area contributed by atoms with Gasteiger partial charge < -0.3 is 5.32 Å². The number of alkyl halides is 1. The van der Waals surface area contributed by atoms with Crippen LogP contribution in [0, 0.1) is 0 Å². The molecular formula is C20H31ClN2O. The number of nitrogens with one attached hydrogen (secondary N) is 1. The van der Waals surface area contributed by atoms with Crippen molar-refractivity contribution in [3.63, 3.8) is 0 Å². The summed E-state index contributed by atoms with van der Waals surface area (Å²) in [5.74, 6) is 0.878. The average Bonchev–Trinajstić information content (AvgIpc) is 2.60. The van der Waals surface area contributed by atoms with Crippen LogP contribution >= 0.6 is 11.6 Å². The van der Waals surface area contributed by atoms with Crippen molar-refractivity contribution >= 4 is 17.5 Å². The second-order valence-corrected chi connectivity index (χ2v) is 7.19. The summed E-state index contributed by atoms with van der Waals surface area (Å²) in [6.07, 6.45) is 8.81. The van der Waals surface area contributed by atoms with Crippen molar-refractivity contribution in [1.29, 1.82) is 0 Å². The Morgan fingerprint density at radius 1 is 1.08 bits per heavy atom. The van der Waals surface area contributed by atoms with E-state index in [1.807, 2.05) is 6.07 Å². The topological polar surface area (TPSA) is 32.3 Å². The number of carbonyl (C=O) groups is 1. The van der Waals surface area contributed by atoms with Gasteiger partial charge in [0.2, 0.25) is 5.91 Å². The molecule has 2 rings (SSSR count). The molecule has 134 valence electrons. The summed E-state index contributed by atoms with van der Waals surface area (Å²) in [6.45, 7) is 2.82. The van der Waals surface area contributed by atoms with Gasteiger partial charge in [-0.1, -0.05) is 49.6 Å². The van der Waals surface area contributed by atoms with Crippen molar-refractivity contribution in [1.82, 2.24) is 10.2 Å². The first-order valence-electron chi connectivity index (χ1n) is 9.39. The number of halogens is 1. The van der Waals surface area contributed by atoms with E-state index in [1.165, 1.54) is 24.8 Å². The molecule has 0 unspecified atom stereocenters. The Bertz CT molecular complexity index is 460. The molecule has 0 aromatic heterocycles. The predicted molar refractivity (Wildman–Crippen MR) is 101 cm³/mol. The van der Waals surface area contributed by atoms with E-state index in [2.05, 4.69) is 34.5 Å². The van der Waals surface area contributed by atoms with E-state index in [0.29, 0.717) is 18.3 Å². The first-order valence-corrected chi connectivity index (χ1v) is 9.93. The van der Waals surface area contributed by atoms with E-state index in [4.69, 9.17) is 11.6 Å². The van der Waals surface area contributed by atoms with E-state index in [9.17, 15) is 4.79 Å². The Kier molecular flexibility index (Phi) is 9.22. The van der Waals surface area contributed by atoms with Gasteiger partial charge in [-0.15, -0.1) is 11.6 Å². The minimum atomic E-state index is 0.230. The molecule has 0 saturated heterocycles. The molecule has 0 atom stereocenters. The number of nitrogens with zero attached hydrogens (tertiary/aromatic N) is 1. The van der Waals surface area contributed by atoms with Crippen LogP contribution in [0.15, 0.2) is 30.3 Å². The van der Waals surface area contributed by atoms with Crippen LogP contribution in [0.5, 0.6) is 0 Å². The summed E-state index contributed by atoms with van der Waals surface area (Å²) in [4.78, 5) is 14.4. The third kappa shape index (κ3) is 7.67. The Labute approximate surface area is 151 Å². The van der Waals surface area contributed by atoms with Crippen LogP contribution in [0.2, 0.25) is 0 Å². The number of benzene rings is 1. The van der Waals surface area contributed by atoms with E-state index in [1.54, 1.807) is 0 Å². The molecule has 1 aliphatic rings. The van der Waals surface area contributed by atoms with E-state index in [-0.39, 0.29) is 5.91 Å². The van der Waals surface area contributed by atoms with E-state index in [0.717, 1.165) is 45.3 Å². The molecule has 0 spiro atoms. The first kappa shape index (κ1) is 19.3. The van der Waals surface area contributed by atoms with Crippen molar-refractivity contribution < 1.29 is 4.79 Å². The largest absolute Gasteiger partial charge is 0.353 e. The lowest BCUT2D eigenvalue weighted by molar-refractivity contribution is -0.122. The molecular weight excluding hydrogens is 320 g/mol. The van der Waals surface area contributed by atoms with Crippen LogP contribution < -0.4 is 5.32 Å². The molecule has 0 heterocycles. The predicted octanol–water partition coefficient (Wildman–Crippen LogP) is 4.35. The molecule has 0 bridgehead atoms. The Morgan fingerprint density at radius 2 is 1.83 bits per heavy atom. The number of rotatable bonds is 10. The fraction of sp³-hybridized carbons (Fsp3) is 0.650. The van der Waals surface area contributed by atoms with Crippen LogP contribution in [0.25, 0.3) is 0 Å². The lowest BCUT2D eigenvalue weighted by Gasteiger charge is -2.23. The highest BCUT2D eigenvalue weighted by Crippen LogP contribution is 2.17. The average molecular weight is 351 g/mol. The summed E-state index contributed by atoms with van der Waals surface area (Å²) in [5, 5.41) is 3.20. The quantitative estimate of drug-likeness (QED) is 0.502. The Hall–Kier alpha value is -1.06. The smallest absolute Gasteiger partial charge is 0.220 e. The zero-order valence-electron chi connectivity index (χ0n) is 14.7. The summed E-state index contributed by atoms with van der Waals surface area (Å²) in [7, 11) is 0. The van der Waals surface area contributed by atoms with Crippen LogP contribution in [-0.2, 0) is 11.3 Å². The maximum atomic E-state index is 12.0. The lowest BCUT2D eigenvalue weighted by Crippen LogP contribution is -2.36. The highest BCUT2D eigenvalue weighted by molar-refractivity contribution is 6.18. The third-order valence-corrected chi connectivity index (χ3v) is 4.92. The minimum Gasteiger partial charge on any atom is -0.353 e. The maximum Gasteiger partial charge on any atom is 0.220 e. The van der Waals surface area contributed by atoms with Gasteiger partial charge in [0, 0.05) is 31.4 Å². The molecule has 1 aliphatic carbocycles. The zero-order valence-corrected chi connectivity index (χ0v) is 15.4. The number of carbonyl (C=O) groups excluding carboxylic acids is 1. The molecule has 0 radical (unpaired) electrons. The fourth-order valence-corrected chi connectivity index (χ4v) is 3.64. The monoisotopic (exact) mass is 350 g/mol. The summed E-state index contributed by atoms with van der Waals surface area (Å²) < 4.78 is 0. The number of hydrogen-bond acceptors (Lipinski definition) is 2. The van der Waals surface area contributed by atoms with Gasteiger partial charge in [-0.3, -0.25) is 9.69 Å². The van der Waals surface area contributed by atoms with Crippen LogP contribution in [0.1, 0.15) is 56.9 Å². The summed E-state index contributed by atoms with van der Waals surface area (Å²) in [6, 6.07) is 10.9. The van der Waals surface area contributed by atoms with Crippen LogP contribution in [0.3, 0.4) is 0 Å². The maximum absolute atomic E-state index is 12.0. The van der Waals surface area contributed by atoms with Crippen molar-refractivity contribution in [2.24, 2.45) is 0 Å². The van der Waals surface area contributed by atoms with Crippen LogP contribution in [-0.4, -0.2) is 35.8 Å². The van der Waals surface area contributed by atoms with Gasteiger partial charge in [0.15, 0.2) is 0 Å². The minimum absolute atomic E-state index is 0.230. The Morgan fingerprint density at radius 3 is 2.54 bits per heavy atom. The van der Waals surface area contributed by atoms with Gasteiger partial charge in [-0.2, -0.15) is 0 Å². The molecule has 4 heteroatoms. The summed E-state index contributed by atoms with van der Waals surface area (Å²) in [5.41, 5.74) is 1.32. The lowest BCUT2D eigenvalue weighted by atomic mass is 9.95. The van der Waals surface area contributed by atoms with Crippen LogP contribution in [0.4, 0.5) is 0 Å². The normalized spacial score (nSPS) is 15.6. The number of amides is 1. The highest BCUT2D eigenvalue weighted by Gasteiger charge is 2.15. The fourth-order valence-electron chi connectivity index (χ4n) is 3.40. The molecule has 1 amide bonds.